The Morgan fingerprint density at radius 2 is 1.83 bits per heavy atom. The number of anilines is 1. The molecule has 0 radical (unpaired) electrons. The molecule has 0 heterocycles. The first kappa shape index (κ1) is 12.4. The molecule has 2 rings (SSSR count). The van der Waals surface area contributed by atoms with Gasteiger partial charge in [-0.1, -0.05) is 11.6 Å². The third kappa shape index (κ3) is 2.78. The van der Waals surface area contributed by atoms with Gasteiger partial charge in [-0.05, 0) is 42.5 Å². The van der Waals surface area contributed by atoms with Crippen LogP contribution in [0.2, 0.25) is 5.02 Å². The smallest absolute Gasteiger partial charge is 0.255 e. The number of aromatic hydroxyl groups is 1. The number of carbonyl (C=O) groups excluding carboxylic acids is 1. The lowest BCUT2D eigenvalue weighted by atomic mass is 10.2. The first-order chi connectivity index (χ1) is 8.56. The van der Waals surface area contributed by atoms with Crippen LogP contribution in [0, 0.1) is 5.82 Å². The number of phenols is 1. The van der Waals surface area contributed by atoms with Crippen LogP contribution in [0.5, 0.6) is 5.75 Å². The van der Waals surface area contributed by atoms with E-state index in [4.69, 9.17) is 11.6 Å². The fourth-order valence-electron chi connectivity index (χ4n) is 1.38. The van der Waals surface area contributed by atoms with Crippen molar-refractivity contribution in [2.75, 3.05) is 5.32 Å². The maximum Gasteiger partial charge on any atom is 0.255 e. The van der Waals surface area contributed by atoms with Crippen molar-refractivity contribution in [3.63, 3.8) is 0 Å². The predicted octanol–water partition coefficient (Wildman–Crippen LogP) is 3.44. The summed E-state index contributed by atoms with van der Waals surface area (Å²) in [6, 6.07) is 9.54. The number of benzene rings is 2. The quantitative estimate of drug-likeness (QED) is 0.874. The highest BCUT2D eigenvalue weighted by Crippen LogP contribution is 2.24. The zero-order valence-electron chi connectivity index (χ0n) is 9.15. The minimum Gasteiger partial charge on any atom is -0.506 e. The summed E-state index contributed by atoms with van der Waals surface area (Å²) in [6.07, 6.45) is 0. The number of carbonyl (C=O) groups is 1. The number of nitrogens with one attached hydrogen (secondary N) is 1. The number of hydrogen-bond donors (Lipinski definition) is 2. The standard InChI is InChI=1S/C13H9ClFNO2/c14-11-7-8(1-6-12(11)17)13(18)16-10-4-2-9(15)3-5-10/h1-7,17H,(H,16,18). The van der Waals surface area contributed by atoms with Crippen molar-refractivity contribution < 1.29 is 14.3 Å². The topological polar surface area (TPSA) is 49.3 Å². The highest BCUT2D eigenvalue weighted by molar-refractivity contribution is 6.32. The fraction of sp³-hybridized carbons (Fsp3) is 0. The van der Waals surface area contributed by atoms with Crippen molar-refractivity contribution in [3.05, 3.63) is 58.9 Å². The summed E-state index contributed by atoms with van der Waals surface area (Å²) in [5, 5.41) is 11.9. The van der Waals surface area contributed by atoms with Gasteiger partial charge >= 0.3 is 0 Å². The molecule has 18 heavy (non-hydrogen) atoms. The Balaban J connectivity index is 2.16. The molecule has 2 aromatic rings. The zero-order chi connectivity index (χ0) is 13.1. The van der Waals surface area contributed by atoms with Crippen LogP contribution in [0.4, 0.5) is 10.1 Å². The minimum atomic E-state index is -0.386. The summed E-state index contributed by atoms with van der Waals surface area (Å²) in [5.41, 5.74) is 0.785. The predicted molar refractivity (Wildman–Crippen MR) is 67.5 cm³/mol. The van der Waals surface area contributed by atoms with Crippen molar-refractivity contribution in [1.29, 1.82) is 0 Å². The lowest BCUT2D eigenvalue weighted by Crippen LogP contribution is -2.11. The van der Waals surface area contributed by atoms with E-state index in [1.165, 1.54) is 42.5 Å². The number of rotatable bonds is 2. The van der Waals surface area contributed by atoms with E-state index in [9.17, 15) is 14.3 Å². The highest BCUT2D eigenvalue weighted by atomic mass is 35.5. The van der Waals surface area contributed by atoms with Gasteiger partial charge in [0, 0.05) is 11.3 Å². The summed E-state index contributed by atoms with van der Waals surface area (Å²) < 4.78 is 12.7. The van der Waals surface area contributed by atoms with Crippen molar-refractivity contribution >= 4 is 23.2 Å². The van der Waals surface area contributed by atoms with Crippen LogP contribution in [0.15, 0.2) is 42.5 Å². The summed E-state index contributed by atoms with van der Waals surface area (Å²) in [4.78, 5) is 11.8. The Bertz CT molecular complexity index is 584. The molecule has 0 aliphatic heterocycles. The first-order valence-electron chi connectivity index (χ1n) is 5.12. The molecule has 2 aromatic carbocycles. The molecule has 0 fully saturated rings. The molecule has 2 N–H and O–H groups in total. The number of halogens is 2. The molecule has 0 bridgehead atoms. The van der Waals surface area contributed by atoms with Gasteiger partial charge < -0.3 is 10.4 Å². The van der Waals surface area contributed by atoms with E-state index < -0.39 is 0 Å². The summed E-state index contributed by atoms with van der Waals surface area (Å²) in [6.45, 7) is 0. The molecule has 0 atom stereocenters. The Kier molecular flexibility index (Phi) is 3.48. The van der Waals surface area contributed by atoms with Crippen molar-refractivity contribution in [3.8, 4) is 5.75 Å². The largest absolute Gasteiger partial charge is 0.506 e. The molecule has 0 aliphatic carbocycles. The SMILES string of the molecule is O=C(Nc1ccc(F)cc1)c1ccc(O)c(Cl)c1. The van der Waals surface area contributed by atoms with Gasteiger partial charge in [0.2, 0.25) is 0 Å². The van der Waals surface area contributed by atoms with Crippen molar-refractivity contribution in [1.82, 2.24) is 0 Å². The minimum absolute atomic E-state index is 0.0880. The van der Waals surface area contributed by atoms with E-state index in [-0.39, 0.29) is 22.5 Å². The number of phenolic OH excluding ortho intramolecular Hbond substituents is 1. The zero-order valence-corrected chi connectivity index (χ0v) is 9.91. The van der Waals surface area contributed by atoms with Gasteiger partial charge in [-0.2, -0.15) is 0 Å². The second-order valence-corrected chi connectivity index (χ2v) is 4.03. The summed E-state index contributed by atoms with van der Waals surface area (Å²) >= 11 is 5.70. The van der Waals surface area contributed by atoms with Crippen LogP contribution in [-0.4, -0.2) is 11.0 Å². The van der Waals surface area contributed by atoms with Crippen LogP contribution < -0.4 is 5.32 Å². The molecule has 0 saturated heterocycles. The first-order valence-corrected chi connectivity index (χ1v) is 5.49. The van der Waals surface area contributed by atoms with Crippen molar-refractivity contribution in [2.45, 2.75) is 0 Å². The van der Waals surface area contributed by atoms with Crippen LogP contribution in [-0.2, 0) is 0 Å². The normalized spacial score (nSPS) is 10.1. The van der Waals surface area contributed by atoms with E-state index in [0.717, 1.165) is 0 Å². The molecule has 0 spiro atoms. The Hall–Kier alpha value is -2.07. The van der Waals surface area contributed by atoms with E-state index in [0.29, 0.717) is 11.3 Å². The van der Waals surface area contributed by atoms with Crippen LogP contribution >= 0.6 is 11.6 Å². The maximum absolute atomic E-state index is 12.7. The molecule has 1 amide bonds. The van der Waals surface area contributed by atoms with Gasteiger partial charge in [-0.15, -0.1) is 0 Å². The van der Waals surface area contributed by atoms with Gasteiger partial charge in [-0.3, -0.25) is 4.79 Å². The molecule has 0 saturated carbocycles. The highest BCUT2D eigenvalue weighted by Gasteiger charge is 2.08. The summed E-state index contributed by atoms with van der Waals surface area (Å²) in [7, 11) is 0. The second-order valence-electron chi connectivity index (χ2n) is 3.63. The molecule has 5 heteroatoms. The van der Waals surface area contributed by atoms with Crippen LogP contribution in [0.25, 0.3) is 0 Å². The average molecular weight is 266 g/mol. The van der Waals surface area contributed by atoms with Gasteiger partial charge in [0.15, 0.2) is 0 Å². The molecule has 0 unspecified atom stereocenters. The second kappa shape index (κ2) is 5.06. The average Bonchev–Trinajstić information content (AvgIpc) is 2.35. The molecule has 3 nitrogen and oxygen atoms in total. The number of amides is 1. The fourth-order valence-corrected chi connectivity index (χ4v) is 1.57. The van der Waals surface area contributed by atoms with E-state index in [1.807, 2.05) is 0 Å². The van der Waals surface area contributed by atoms with Gasteiger partial charge in [0.05, 0.1) is 5.02 Å². The van der Waals surface area contributed by atoms with Crippen LogP contribution in [0.1, 0.15) is 10.4 Å². The van der Waals surface area contributed by atoms with Gasteiger partial charge in [0.1, 0.15) is 11.6 Å². The Labute approximate surface area is 108 Å². The van der Waals surface area contributed by atoms with Gasteiger partial charge in [-0.25, -0.2) is 4.39 Å². The molecular formula is C13H9ClFNO2. The van der Waals surface area contributed by atoms with E-state index >= 15 is 0 Å². The van der Waals surface area contributed by atoms with E-state index in [1.54, 1.807) is 0 Å². The maximum atomic E-state index is 12.7. The number of hydrogen-bond acceptors (Lipinski definition) is 2. The monoisotopic (exact) mass is 265 g/mol. The molecule has 0 aliphatic rings. The Morgan fingerprint density at radius 3 is 2.44 bits per heavy atom. The van der Waals surface area contributed by atoms with Crippen LogP contribution in [0.3, 0.4) is 0 Å². The third-order valence-corrected chi connectivity index (χ3v) is 2.61. The van der Waals surface area contributed by atoms with Crippen molar-refractivity contribution in [2.24, 2.45) is 0 Å². The molecular weight excluding hydrogens is 257 g/mol. The lowest BCUT2D eigenvalue weighted by molar-refractivity contribution is 0.102. The lowest BCUT2D eigenvalue weighted by Gasteiger charge is -2.06. The van der Waals surface area contributed by atoms with Gasteiger partial charge in [0.25, 0.3) is 5.91 Å². The Morgan fingerprint density at radius 1 is 1.17 bits per heavy atom. The summed E-state index contributed by atoms with van der Waals surface area (Å²) in [5.74, 6) is -0.848. The third-order valence-electron chi connectivity index (χ3n) is 2.31. The molecule has 0 aromatic heterocycles. The van der Waals surface area contributed by atoms with E-state index in [2.05, 4.69) is 5.32 Å². The molecule has 92 valence electrons.